The Kier molecular flexibility index (Phi) is 4.41. The van der Waals surface area contributed by atoms with Gasteiger partial charge in [0.15, 0.2) is 0 Å². The van der Waals surface area contributed by atoms with Gasteiger partial charge in [-0.3, -0.25) is 4.79 Å². The van der Waals surface area contributed by atoms with Gasteiger partial charge in [-0.25, -0.2) is 14.1 Å². The highest BCUT2D eigenvalue weighted by Crippen LogP contribution is 2.15. The average Bonchev–Trinajstić information content (AvgIpc) is 2.97. The molecule has 0 saturated heterocycles. The molecule has 1 N–H and O–H groups in total. The number of hydrogen-bond donors (Lipinski definition) is 1. The number of benzene rings is 1. The van der Waals surface area contributed by atoms with Gasteiger partial charge in [-0.15, -0.1) is 0 Å². The summed E-state index contributed by atoms with van der Waals surface area (Å²) in [5, 5.41) is 12.7. The van der Waals surface area contributed by atoms with Crippen LogP contribution in [0.25, 0.3) is 5.69 Å². The number of aromatic nitrogens is 3. The second kappa shape index (κ2) is 6.25. The van der Waals surface area contributed by atoms with Gasteiger partial charge in [0.05, 0.1) is 6.61 Å². The molecule has 1 amide bonds. The molecule has 1 aromatic carbocycles. The standard InChI is InChI=1S/C13H15FN4O2/c1-2-17(5-6-19)13(20)10-3-4-12(11(14)7-10)18-9-15-8-16-18/h3-4,7-9,19H,2,5-6H2,1H3. The van der Waals surface area contributed by atoms with Gasteiger partial charge in [0.2, 0.25) is 0 Å². The Bertz CT molecular complexity index is 586. The topological polar surface area (TPSA) is 71.2 Å². The van der Waals surface area contributed by atoms with Crippen molar-refractivity contribution in [3.63, 3.8) is 0 Å². The summed E-state index contributed by atoms with van der Waals surface area (Å²) in [5.74, 6) is -0.869. The van der Waals surface area contributed by atoms with Gasteiger partial charge in [0.1, 0.15) is 24.2 Å². The van der Waals surface area contributed by atoms with Crippen LogP contribution in [0.1, 0.15) is 17.3 Å². The van der Waals surface area contributed by atoms with E-state index in [9.17, 15) is 9.18 Å². The number of nitrogens with zero attached hydrogens (tertiary/aromatic N) is 4. The van der Waals surface area contributed by atoms with E-state index >= 15 is 0 Å². The smallest absolute Gasteiger partial charge is 0.254 e. The molecule has 0 aliphatic rings. The van der Waals surface area contributed by atoms with Crippen LogP contribution in [0.3, 0.4) is 0 Å². The van der Waals surface area contributed by atoms with Crippen molar-refractivity contribution < 1.29 is 14.3 Å². The van der Waals surface area contributed by atoms with Crippen LogP contribution < -0.4 is 0 Å². The fourth-order valence-electron chi connectivity index (χ4n) is 1.86. The highest BCUT2D eigenvalue weighted by molar-refractivity contribution is 5.94. The quantitative estimate of drug-likeness (QED) is 0.880. The number of halogens is 1. The molecule has 0 radical (unpaired) electrons. The van der Waals surface area contributed by atoms with E-state index in [2.05, 4.69) is 10.1 Å². The zero-order valence-corrected chi connectivity index (χ0v) is 11.0. The molecule has 2 aromatic rings. The molecular weight excluding hydrogens is 263 g/mol. The molecule has 0 bridgehead atoms. The Labute approximate surface area is 115 Å². The minimum absolute atomic E-state index is 0.126. The van der Waals surface area contributed by atoms with Crippen LogP contribution in [0.2, 0.25) is 0 Å². The number of hydrogen-bond acceptors (Lipinski definition) is 4. The third kappa shape index (κ3) is 2.83. The number of aliphatic hydroxyl groups excluding tert-OH is 1. The lowest BCUT2D eigenvalue weighted by Crippen LogP contribution is -2.33. The molecule has 2 rings (SSSR count). The predicted molar refractivity (Wildman–Crippen MR) is 70.0 cm³/mol. The third-order valence-corrected chi connectivity index (χ3v) is 2.90. The van der Waals surface area contributed by atoms with E-state index in [-0.39, 0.29) is 30.3 Å². The van der Waals surface area contributed by atoms with E-state index in [1.54, 1.807) is 6.92 Å². The Morgan fingerprint density at radius 1 is 1.50 bits per heavy atom. The predicted octanol–water partition coefficient (Wildman–Crippen LogP) is 0.861. The van der Waals surface area contributed by atoms with Crippen molar-refractivity contribution in [3.8, 4) is 5.69 Å². The molecule has 0 aliphatic carbocycles. The number of aliphatic hydroxyl groups is 1. The minimum Gasteiger partial charge on any atom is -0.395 e. The monoisotopic (exact) mass is 278 g/mol. The average molecular weight is 278 g/mol. The van der Waals surface area contributed by atoms with Crippen molar-refractivity contribution in [1.82, 2.24) is 19.7 Å². The van der Waals surface area contributed by atoms with Crippen molar-refractivity contribution in [2.24, 2.45) is 0 Å². The van der Waals surface area contributed by atoms with Gasteiger partial charge < -0.3 is 10.0 Å². The van der Waals surface area contributed by atoms with E-state index in [0.717, 1.165) is 0 Å². The summed E-state index contributed by atoms with van der Waals surface area (Å²) < 4.78 is 15.3. The molecule has 0 aliphatic heterocycles. The van der Waals surface area contributed by atoms with Gasteiger partial charge in [0, 0.05) is 18.7 Å². The van der Waals surface area contributed by atoms with Crippen LogP contribution in [0, 0.1) is 5.82 Å². The largest absolute Gasteiger partial charge is 0.395 e. The first-order valence-electron chi connectivity index (χ1n) is 6.22. The normalized spacial score (nSPS) is 10.6. The van der Waals surface area contributed by atoms with Gasteiger partial charge in [-0.1, -0.05) is 0 Å². The van der Waals surface area contributed by atoms with Crippen molar-refractivity contribution >= 4 is 5.91 Å². The lowest BCUT2D eigenvalue weighted by Gasteiger charge is -2.19. The second-order valence-electron chi connectivity index (χ2n) is 4.11. The molecule has 1 heterocycles. The highest BCUT2D eigenvalue weighted by atomic mass is 19.1. The fourth-order valence-corrected chi connectivity index (χ4v) is 1.86. The van der Waals surface area contributed by atoms with Gasteiger partial charge in [0.25, 0.3) is 5.91 Å². The van der Waals surface area contributed by atoms with Crippen LogP contribution >= 0.6 is 0 Å². The maximum Gasteiger partial charge on any atom is 0.254 e. The van der Waals surface area contributed by atoms with Crippen molar-refractivity contribution in [2.75, 3.05) is 19.7 Å². The molecule has 1 aromatic heterocycles. The van der Waals surface area contributed by atoms with Crippen molar-refractivity contribution in [3.05, 3.63) is 42.2 Å². The Morgan fingerprint density at radius 3 is 2.85 bits per heavy atom. The van der Waals surface area contributed by atoms with Crippen LogP contribution in [0.15, 0.2) is 30.9 Å². The van der Waals surface area contributed by atoms with Crippen molar-refractivity contribution in [1.29, 1.82) is 0 Å². The first-order chi connectivity index (χ1) is 9.67. The number of rotatable bonds is 5. The number of amides is 1. The lowest BCUT2D eigenvalue weighted by atomic mass is 10.1. The van der Waals surface area contributed by atoms with Crippen LogP contribution in [0.5, 0.6) is 0 Å². The summed E-state index contributed by atoms with van der Waals surface area (Å²) in [5.41, 5.74) is 0.464. The summed E-state index contributed by atoms with van der Waals surface area (Å²) >= 11 is 0. The van der Waals surface area contributed by atoms with E-state index in [1.165, 1.54) is 40.4 Å². The molecule has 0 saturated carbocycles. The summed E-state index contributed by atoms with van der Waals surface area (Å²) in [7, 11) is 0. The molecule has 0 atom stereocenters. The molecule has 20 heavy (non-hydrogen) atoms. The summed E-state index contributed by atoms with van der Waals surface area (Å²) in [4.78, 5) is 17.3. The molecule has 0 spiro atoms. The number of carbonyl (C=O) groups is 1. The Balaban J connectivity index is 2.27. The number of likely N-dealkylation sites (N-methyl/N-ethyl adjacent to an activating group) is 1. The van der Waals surface area contributed by atoms with Crippen molar-refractivity contribution in [2.45, 2.75) is 6.92 Å². The van der Waals surface area contributed by atoms with Gasteiger partial charge in [-0.05, 0) is 25.1 Å². The fraction of sp³-hybridized carbons (Fsp3) is 0.308. The third-order valence-electron chi connectivity index (χ3n) is 2.90. The Hall–Kier alpha value is -2.28. The lowest BCUT2D eigenvalue weighted by molar-refractivity contribution is 0.0731. The number of carbonyl (C=O) groups excluding carboxylic acids is 1. The highest BCUT2D eigenvalue weighted by Gasteiger charge is 2.16. The first kappa shape index (κ1) is 14.1. The zero-order chi connectivity index (χ0) is 14.5. The summed E-state index contributed by atoms with van der Waals surface area (Å²) in [6, 6.07) is 4.17. The summed E-state index contributed by atoms with van der Waals surface area (Å²) in [6.45, 7) is 2.35. The van der Waals surface area contributed by atoms with E-state index < -0.39 is 5.82 Å². The van der Waals surface area contributed by atoms with Gasteiger partial charge in [-0.2, -0.15) is 5.10 Å². The second-order valence-corrected chi connectivity index (χ2v) is 4.11. The van der Waals surface area contributed by atoms with E-state index in [1.807, 2.05) is 0 Å². The first-order valence-corrected chi connectivity index (χ1v) is 6.22. The molecule has 106 valence electrons. The van der Waals surface area contributed by atoms with Crippen LogP contribution in [-0.4, -0.2) is 50.4 Å². The molecule has 0 unspecified atom stereocenters. The maximum absolute atomic E-state index is 14.0. The molecule has 0 fully saturated rings. The molecule has 7 heteroatoms. The zero-order valence-electron chi connectivity index (χ0n) is 11.0. The van der Waals surface area contributed by atoms with E-state index in [0.29, 0.717) is 6.54 Å². The molecule has 6 nitrogen and oxygen atoms in total. The van der Waals surface area contributed by atoms with E-state index in [4.69, 9.17) is 5.11 Å². The summed E-state index contributed by atoms with van der Waals surface area (Å²) in [6.07, 6.45) is 2.68. The van der Waals surface area contributed by atoms with Gasteiger partial charge >= 0.3 is 0 Å². The molecular formula is C13H15FN4O2. The Morgan fingerprint density at radius 2 is 2.30 bits per heavy atom. The SMILES string of the molecule is CCN(CCO)C(=O)c1ccc(-n2cncn2)c(F)c1. The van der Waals surface area contributed by atoms with Crippen LogP contribution in [0.4, 0.5) is 4.39 Å². The maximum atomic E-state index is 14.0. The van der Waals surface area contributed by atoms with Crippen LogP contribution in [-0.2, 0) is 0 Å². The minimum atomic E-state index is -0.554.